The molecule has 1 aliphatic rings. The van der Waals surface area contributed by atoms with Gasteiger partial charge < -0.3 is 10.2 Å². The first-order chi connectivity index (χ1) is 17.6. The van der Waals surface area contributed by atoms with Crippen LogP contribution in [0.5, 0.6) is 0 Å². The van der Waals surface area contributed by atoms with Crippen molar-refractivity contribution in [3.63, 3.8) is 0 Å². The van der Waals surface area contributed by atoms with E-state index in [0.29, 0.717) is 30.1 Å². The van der Waals surface area contributed by atoms with Gasteiger partial charge in [-0.05, 0) is 56.4 Å². The summed E-state index contributed by atoms with van der Waals surface area (Å²) in [6, 6.07) is 14.1. The van der Waals surface area contributed by atoms with Crippen molar-refractivity contribution in [2.45, 2.75) is 77.4 Å². The molecule has 9 heteroatoms. The predicted octanol–water partition coefficient (Wildman–Crippen LogP) is 5.06. The van der Waals surface area contributed by atoms with Gasteiger partial charge in [-0.1, -0.05) is 67.3 Å². The number of rotatable bonds is 12. The maximum Gasteiger partial charge on any atom is 0.243 e. The maximum absolute atomic E-state index is 13.6. The van der Waals surface area contributed by atoms with E-state index in [2.05, 4.69) is 5.32 Å². The molecule has 0 aromatic heterocycles. The van der Waals surface area contributed by atoms with Crippen LogP contribution in [0.2, 0.25) is 5.02 Å². The number of anilines is 1. The van der Waals surface area contributed by atoms with Crippen molar-refractivity contribution in [1.82, 2.24) is 10.2 Å². The van der Waals surface area contributed by atoms with Gasteiger partial charge in [-0.2, -0.15) is 0 Å². The van der Waals surface area contributed by atoms with Gasteiger partial charge in [0.1, 0.15) is 6.04 Å². The number of sulfonamides is 1. The van der Waals surface area contributed by atoms with Crippen LogP contribution in [0.15, 0.2) is 48.5 Å². The quantitative estimate of drug-likeness (QED) is 0.402. The Morgan fingerprint density at radius 2 is 1.81 bits per heavy atom. The Kier molecular flexibility index (Phi) is 10.4. The fraction of sp³-hybridized carbons (Fsp3) is 0.500. The number of hydrogen-bond acceptors (Lipinski definition) is 4. The third kappa shape index (κ3) is 8.47. The molecular weight excluding hydrogens is 510 g/mol. The summed E-state index contributed by atoms with van der Waals surface area (Å²) in [7, 11) is -3.57. The molecule has 7 nitrogen and oxygen atoms in total. The van der Waals surface area contributed by atoms with Crippen LogP contribution in [0.1, 0.15) is 63.0 Å². The van der Waals surface area contributed by atoms with Crippen molar-refractivity contribution in [2.75, 3.05) is 17.1 Å². The van der Waals surface area contributed by atoms with Gasteiger partial charge in [0.2, 0.25) is 21.8 Å². The predicted molar refractivity (Wildman–Crippen MR) is 149 cm³/mol. The number of benzene rings is 2. The summed E-state index contributed by atoms with van der Waals surface area (Å²) in [6.07, 6.45) is 6.22. The number of nitrogens with one attached hydrogen (secondary N) is 1. The molecule has 1 N–H and O–H groups in total. The Bertz CT molecular complexity index is 1180. The van der Waals surface area contributed by atoms with Crippen molar-refractivity contribution in [3.8, 4) is 0 Å². The first-order valence-corrected chi connectivity index (χ1v) is 15.2. The first kappa shape index (κ1) is 29.0. The molecule has 2 amide bonds. The third-order valence-electron chi connectivity index (χ3n) is 6.77. The highest BCUT2D eigenvalue weighted by molar-refractivity contribution is 7.92. The molecule has 0 radical (unpaired) electrons. The molecule has 0 bridgehead atoms. The van der Waals surface area contributed by atoms with Gasteiger partial charge in [-0.25, -0.2) is 8.42 Å². The molecule has 37 heavy (non-hydrogen) atoms. The molecule has 3 rings (SSSR count). The van der Waals surface area contributed by atoms with Crippen LogP contribution in [0.3, 0.4) is 0 Å². The monoisotopic (exact) mass is 547 g/mol. The van der Waals surface area contributed by atoms with Crippen molar-refractivity contribution in [3.05, 3.63) is 64.7 Å². The second kappa shape index (κ2) is 13.3. The molecule has 1 atom stereocenters. The molecule has 0 unspecified atom stereocenters. The molecule has 1 fully saturated rings. The Hall–Kier alpha value is -2.58. The van der Waals surface area contributed by atoms with E-state index < -0.39 is 16.1 Å². The highest BCUT2D eigenvalue weighted by Crippen LogP contribution is 2.23. The number of nitrogens with zero attached hydrogens (tertiary/aromatic N) is 2. The van der Waals surface area contributed by atoms with Gasteiger partial charge in [0.15, 0.2) is 0 Å². The Balaban J connectivity index is 1.76. The van der Waals surface area contributed by atoms with Crippen molar-refractivity contribution in [1.29, 1.82) is 0 Å². The smallest absolute Gasteiger partial charge is 0.243 e. The second-order valence-electron chi connectivity index (χ2n) is 9.84. The zero-order valence-electron chi connectivity index (χ0n) is 22.0. The second-order valence-corrected chi connectivity index (χ2v) is 12.2. The molecule has 202 valence electrons. The molecule has 1 saturated carbocycles. The van der Waals surface area contributed by atoms with Gasteiger partial charge in [0.25, 0.3) is 0 Å². The average molecular weight is 548 g/mol. The van der Waals surface area contributed by atoms with Crippen molar-refractivity contribution in [2.24, 2.45) is 0 Å². The lowest BCUT2D eigenvalue weighted by Crippen LogP contribution is -2.51. The van der Waals surface area contributed by atoms with Gasteiger partial charge in [0, 0.05) is 30.6 Å². The van der Waals surface area contributed by atoms with E-state index in [0.717, 1.165) is 43.1 Å². The summed E-state index contributed by atoms with van der Waals surface area (Å²) in [5.41, 5.74) is 2.50. The number of hydrogen-bond donors (Lipinski definition) is 1. The van der Waals surface area contributed by atoms with Crippen molar-refractivity contribution >= 4 is 39.1 Å². The standard InChI is InChI=1S/C28H38ClN3O4S/c1-4-26(28(34)30-24-13-5-6-14-24)31(20-22-11-7-10-21(2)18-22)27(33)16-9-17-32(37(3,35)36)25-15-8-12-23(29)19-25/h7-8,10-12,15,18-19,24,26H,4-6,9,13-14,16-17,20H2,1-3H3,(H,30,34)/t26-/m0/s1. The third-order valence-corrected chi connectivity index (χ3v) is 8.20. The summed E-state index contributed by atoms with van der Waals surface area (Å²) >= 11 is 6.07. The van der Waals surface area contributed by atoms with Crippen molar-refractivity contribution < 1.29 is 18.0 Å². The lowest BCUT2D eigenvalue weighted by atomic mass is 10.1. The topological polar surface area (TPSA) is 86.8 Å². The van der Waals surface area contributed by atoms with Gasteiger partial charge in [0.05, 0.1) is 11.9 Å². The van der Waals surface area contributed by atoms with Gasteiger partial charge >= 0.3 is 0 Å². The van der Waals surface area contributed by atoms with Gasteiger partial charge in [-0.3, -0.25) is 13.9 Å². The molecule has 2 aromatic rings. The lowest BCUT2D eigenvalue weighted by molar-refractivity contribution is -0.141. The van der Waals surface area contributed by atoms with E-state index in [1.54, 1.807) is 29.2 Å². The van der Waals surface area contributed by atoms with E-state index in [4.69, 9.17) is 11.6 Å². The fourth-order valence-electron chi connectivity index (χ4n) is 4.93. The first-order valence-electron chi connectivity index (χ1n) is 13.0. The van der Waals surface area contributed by atoms with Crippen LogP contribution >= 0.6 is 11.6 Å². The molecule has 0 heterocycles. The van der Waals surface area contributed by atoms with E-state index in [1.165, 1.54) is 4.31 Å². The molecule has 2 aromatic carbocycles. The summed E-state index contributed by atoms with van der Waals surface area (Å²) in [5.74, 6) is -0.290. The number of carbonyl (C=O) groups is 2. The zero-order chi connectivity index (χ0) is 27.0. The van der Waals surface area contributed by atoms with E-state index >= 15 is 0 Å². The molecule has 0 saturated heterocycles. The van der Waals surface area contributed by atoms with Crippen LogP contribution in [0.25, 0.3) is 0 Å². The van der Waals surface area contributed by atoms with E-state index in [9.17, 15) is 18.0 Å². The number of carbonyl (C=O) groups excluding carboxylic acids is 2. The summed E-state index contributed by atoms with van der Waals surface area (Å²) in [5, 5.41) is 3.59. The highest BCUT2D eigenvalue weighted by Gasteiger charge is 2.30. The molecular formula is C28H38ClN3O4S. The van der Waals surface area contributed by atoms with Crippen LogP contribution in [-0.4, -0.2) is 50.0 Å². The number of halogens is 1. The van der Waals surface area contributed by atoms with E-state index in [1.807, 2.05) is 38.1 Å². The summed E-state index contributed by atoms with van der Waals surface area (Å²) in [6.45, 7) is 4.37. The number of aryl methyl sites for hydroxylation is 1. The van der Waals surface area contributed by atoms with Crippen LogP contribution in [-0.2, 0) is 26.2 Å². The van der Waals surface area contributed by atoms with Gasteiger partial charge in [-0.15, -0.1) is 0 Å². The zero-order valence-corrected chi connectivity index (χ0v) is 23.5. The normalized spacial score (nSPS) is 14.8. The Morgan fingerprint density at radius 1 is 1.11 bits per heavy atom. The summed E-state index contributed by atoms with van der Waals surface area (Å²) in [4.78, 5) is 28.5. The SMILES string of the molecule is CC[C@@H](C(=O)NC1CCCC1)N(Cc1cccc(C)c1)C(=O)CCCN(c1cccc(Cl)c1)S(C)(=O)=O. The maximum atomic E-state index is 13.6. The van der Waals surface area contributed by atoms with E-state index in [-0.39, 0.29) is 30.8 Å². The van der Waals surface area contributed by atoms with Crippen LogP contribution in [0, 0.1) is 6.92 Å². The molecule has 1 aliphatic carbocycles. The Labute approximate surface area is 226 Å². The minimum atomic E-state index is -3.57. The Morgan fingerprint density at radius 3 is 2.43 bits per heavy atom. The van der Waals surface area contributed by atoms with Crippen LogP contribution in [0.4, 0.5) is 5.69 Å². The largest absolute Gasteiger partial charge is 0.352 e. The highest BCUT2D eigenvalue weighted by atomic mass is 35.5. The molecule has 0 aliphatic heterocycles. The molecule has 0 spiro atoms. The van der Waals surface area contributed by atoms with Crippen LogP contribution < -0.4 is 9.62 Å². The fourth-order valence-corrected chi connectivity index (χ4v) is 6.07. The lowest BCUT2D eigenvalue weighted by Gasteiger charge is -2.32. The minimum absolute atomic E-state index is 0.117. The summed E-state index contributed by atoms with van der Waals surface area (Å²) < 4.78 is 26.2. The average Bonchev–Trinajstić information content (AvgIpc) is 3.33. The number of amides is 2. The minimum Gasteiger partial charge on any atom is -0.352 e.